The van der Waals surface area contributed by atoms with E-state index in [1.165, 1.54) is 7.11 Å². The van der Waals surface area contributed by atoms with Crippen LogP contribution in [0.15, 0.2) is 18.3 Å². The molecule has 2 heterocycles. The summed E-state index contributed by atoms with van der Waals surface area (Å²) in [5.74, 6) is 0.482. The third-order valence-corrected chi connectivity index (χ3v) is 3.15. The van der Waals surface area contributed by atoms with Gasteiger partial charge in [-0.25, -0.2) is 4.98 Å². The number of carbonyl (C=O) groups is 1. The number of piperidine rings is 1. The second-order valence-corrected chi connectivity index (χ2v) is 4.32. The Hall–Kier alpha value is -2.09. The van der Waals surface area contributed by atoms with Gasteiger partial charge in [0.1, 0.15) is 5.82 Å². The number of nitriles is 1. The van der Waals surface area contributed by atoms with Crippen LogP contribution in [0.5, 0.6) is 0 Å². The number of hydrogen-bond acceptors (Lipinski definition) is 5. The van der Waals surface area contributed by atoms with Crippen LogP contribution in [0.3, 0.4) is 0 Å². The van der Waals surface area contributed by atoms with Crippen LogP contribution in [0.4, 0.5) is 5.82 Å². The van der Waals surface area contributed by atoms with E-state index in [1.54, 1.807) is 18.3 Å². The molecule has 1 aliphatic rings. The third-order valence-electron chi connectivity index (χ3n) is 3.15. The van der Waals surface area contributed by atoms with Crippen molar-refractivity contribution < 1.29 is 9.53 Å². The van der Waals surface area contributed by atoms with Gasteiger partial charge in [-0.2, -0.15) is 5.26 Å². The topological polar surface area (TPSA) is 66.2 Å². The first kappa shape index (κ1) is 12.4. The number of esters is 1. The van der Waals surface area contributed by atoms with Crippen molar-refractivity contribution in [2.45, 2.75) is 12.8 Å². The minimum absolute atomic E-state index is 0.101. The van der Waals surface area contributed by atoms with Crippen molar-refractivity contribution in [2.75, 3.05) is 25.1 Å². The number of pyridine rings is 1. The molecule has 0 bridgehead atoms. The Morgan fingerprint density at radius 2 is 2.50 bits per heavy atom. The first-order valence-electron chi connectivity index (χ1n) is 5.93. The SMILES string of the molecule is COC(=O)C1CCCN(c2cc(C#N)ccn2)C1. The first-order valence-corrected chi connectivity index (χ1v) is 5.93. The van der Waals surface area contributed by atoms with Crippen molar-refractivity contribution >= 4 is 11.8 Å². The average molecular weight is 245 g/mol. The molecule has 1 aromatic rings. The van der Waals surface area contributed by atoms with Gasteiger partial charge in [-0.15, -0.1) is 0 Å². The first-order chi connectivity index (χ1) is 8.74. The summed E-state index contributed by atoms with van der Waals surface area (Å²) in [6.07, 6.45) is 3.40. The lowest BCUT2D eigenvalue weighted by atomic mass is 9.98. The molecule has 0 amide bonds. The van der Waals surface area contributed by atoms with Gasteiger partial charge in [-0.05, 0) is 25.0 Å². The van der Waals surface area contributed by atoms with E-state index in [9.17, 15) is 4.79 Å². The van der Waals surface area contributed by atoms with E-state index in [1.807, 2.05) is 4.90 Å². The quantitative estimate of drug-likeness (QED) is 0.736. The third kappa shape index (κ3) is 2.59. The number of nitrogens with zero attached hydrogens (tertiary/aromatic N) is 3. The van der Waals surface area contributed by atoms with Crippen molar-refractivity contribution in [2.24, 2.45) is 5.92 Å². The molecule has 0 spiro atoms. The number of hydrogen-bond donors (Lipinski definition) is 0. The highest BCUT2D eigenvalue weighted by Crippen LogP contribution is 2.22. The Morgan fingerprint density at radius 1 is 1.67 bits per heavy atom. The minimum Gasteiger partial charge on any atom is -0.469 e. The predicted molar refractivity (Wildman–Crippen MR) is 65.9 cm³/mol. The van der Waals surface area contributed by atoms with Gasteiger partial charge in [0, 0.05) is 19.3 Å². The maximum Gasteiger partial charge on any atom is 0.310 e. The van der Waals surface area contributed by atoms with Gasteiger partial charge < -0.3 is 9.64 Å². The molecule has 0 aromatic carbocycles. The summed E-state index contributed by atoms with van der Waals surface area (Å²) in [7, 11) is 1.41. The molecule has 0 saturated carbocycles. The maximum atomic E-state index is 11.5. The Kier molecular flexibility index (Phi) is 3.78. The van der Waals surface area contributed by atoms with Crippen LogP contribution in [-0.4, -0.2) is 31.2 Å². The summed E-state index contributed by atoms with van der Waals surface area (Å²) < 4.78 is 4.78. The summed E-state index contributed by atoms with van der Waals surface area (Å²) in [6, 6.07) is 5.51. The van der Waals surface area contributed by atoms with E-state index in [0.717, 1.165) is 25.2 Å². The number of carbonyl (C=O) groups excluding carboxylic acids is 1. The zero-order chi connectivity index (χ0) is 13.0. The van der Waals surface area contributed by atoms with Gasteiger partial charge in [-0.3, -0.25) is 4.79 Å². The molecule has 18 heavy (non-hydrogen) atoms. The molecule has 94 valence electrons. The molecule has 0 N–H and O–H groups in total. The normalized spacial score (nSPS) is 19.1. The van der Waals surface area contributed by atoms with E-state index >= 15 is 0 Å². The van der Waals surface area contributed by atoms with Gasteiger partial charge in [-0.1, -0.05) is 0 Å². The van der Waals surface area contributed by atoms with E-state index in [-0.39, 0.29) is 11.9 Å². The highest BCUT2D eigenvalue weighted by atomic mass is 16.5. The van der Waals surface area contributed by atoms with E-state index in [4.69, 9.17) is 10.00 Å². The number of ether oxygens (including phenoxy) is 1. The standard InChI is InChI=1S/C13H15N3O2/c1-18-13(17)11-3-2-6-16(9-11)12-7-10(8-14)4-5-15-12/h4-5,7,11H,2-3,6,9H2,1H3. The smallest absolute Gasteiger partial charge is 0.310 e. The molecule has 2 rings (SSSR count). The second-order valence-electron chi connectivity index (χ2n) is 4.32. The van der Waals surface area contributed by atoms with Gasteiger partial charge in [0.15, 0.2) is 0 Å². The summed E-state index contributed by atoms with van der Waals surface area (Å²) in [5, 5.41) is 8.87. The molecular weight excluding hydrogens is 230 g/mol. The Balaban J connectivity index is 2.13. The highest BCUT2D eigenvalue weighted by Gasteiger charge is 2.27. The van der Waals surface area contributed by atoms with Crippen LogP contribution < -0.4 is 4.90 Å². The molecule has 5 nitrogen and oxygen atoms in total. The van der Waals surface area contributed by atoms with Crippen LogP contribution in [0, 0.1) is 17.2 Å². The average Bonchev–Trinajstić information content (AvgIpc) is 2.46. The van der Waals surface area contributed by atoms with Crippen molar-refractivity contribution in [3.8, 4) is 6.07 Å². The fraction of sp³-hybridized carbons (Fsp3) is 0.462. The van der Waals surface area contributed by atoms with Gasteiger partial charge in [0.25, 0.3) is 0 Å². The predicted octanol–water partition coefficient (Wildman–Crippen LogP) is 1.34. The van der Waals surface area contributed by atoms with Crippen LogP contribution in [0.2, 0.25) is 0 Å². The van der Waals surface area contributed by atoms with Gasteiger partial charge in [0.2, 0.25) is 0 Å². The van der Waals surface area contributed by atoms with Gasteiger partial charge in [0.05, 0.1) is 24.7 Å². The lowest BCUT2D eigenvalue weighted by Gasteiger charge is -2.32. The van der Waals surface area contributed by atoms with Gasteiger partial charge >= 0.3 is 5.97 Å². The summed E-state index contributed by atoms with van der Waals surface area (Å²) in [4.78, 5) is 17.8. The zero-order valence-corrected chi connectivity index (χ0v) is 10.3. The monoisotopic (exact) mass is 245 g/mol. The molecule has 1 fully saturated rings. The van der Waals surface area contributed by atoms with E-state index in [0.29, 0.717) is 12.1 Å². The molecule has 5 heteroatoms. The lowest BCUT2D eigenvalue weighted by molar-refractivity contribution is -0.145. The van der Waals surface area contributed by atoms with Crippen molar-refractivity contribution in [1.82, 2.24) is 4.98 Å². The Labute approximate surface area is 106 Å². The fourth-order valence-corrected chi connectivity index (χ4v) is 2.21. The maximum absolute atomic E-state index is 11.5. The summed E-state index contributed by atoms with van der Waals surface area (Å²) in [5.41, 5.74) is 0.584. The molecular formula is C13H15N3O2. The van der Waals surface area contributed by atoms with Crippen molar-refractivity contribution in [3.63, 3.8) is 0 Å². The Bertz CT molecular complexity index is 481. The number of anilines is 1. The number of aromatic nitrogens is 1. The molecule has 1 aromatic heterocycles. The number of methoxy groups -OCH3 is 1. The molecule has 1 saturated heterocycles. The van der Waals surface area contributed by atoms with E-state index < -0.39 is 0 Å². The van der Waals surface area contributed by atoms with Crippen LogP contribution >= 0.6 is 0 Å². The Morgan fingerprint density at radius 3 is 3.22 bits per heavy atom. The van der Waals surface area contributed by atoms with Crippen LogP contribution in [0.25, 0.3) is 0 Å². The fourth-order valence-electron chi connectivity index (χ4n) is 2.21. The highest BCUT2D eigenvalue weighted by molar-refractivity contribution is 5.73. The molecule has 1 aliphatic heterocycles. The molecule has 1 atom stereocenters. The summed E-state index contributed by atoms with van der Waals surface area (Å²) >= 11 is 0. The zero-order valence-electron chi connectivity index (χ0n) is 10.3. The molecule has 0 aliphatic carbocycles. The van der Waals surface area contributed by atoms with Crippen LogP contribution in [-0.2, 0) is 9.53 Å². The summed E-state index contributed by atoms with van der Waals surface area (Å²) in [6.45, 7) is 1.46. The van der Waals surface area contributed by atoms with Crippen molar-refractivity contribution in [3.05, 3.63) is 23.9 Å². The van der Waals surface area contributed by atoms with Crippen LogP contribution in [0.1, 0.15) is 18.4 Å². The van der Waals surface area contributed by atoms with Crippen molar-refractivity contribution in [1.29, 1.82) is 5.26 Å². The molecule has 1 unspecified atom stereocenters. The largest absolute Gasteiger partial charge is 0.469 e. The minimum atomic E-state index is -0.170. The second kappa shape index (κ2) is 5.50. The number of rotatable bonds is 2. The molecule has 0 radical (unpaired) electrons. The lowest BCUT2D eigenvalue weighted by Crippen LogP contribution is -2.39. The van der Waals surface area contributed by atoms with E-state index in [2.05, 4.69) is 11.1 Å².